The first-order valence-electron chi connectivity index (χ1n) is 3.73. The number of nitrogens with one attached hydrogen (secondary N) is 1. The summed E-state index contributed by atoms with van der Waals surface area (Å²) < 4.78 is 2.97. The van der Waals surface area contributed by atoms with E-state index in [9.17, 15) is 4.79 Å². The summed E-state index contributed by atoms with van der Waals surface area (Å²) in [4.78, 5) is 10.5. The third-order valence-electron chi connectivity index (χ3n) is 1.34. The molecule has 0 saturated carbocycles. The second-order valence-electron chi connectivity index (χ2n) is 2.40. The number of carbonyl (C=O) groups excluding carboxylic acids is 1. The molecule has 0 saturated heterocycles. The van der Waals surface area contributed by atoms with Crippen molar-refractivity contribution in [3.8, 4) is 0 Å². The molecule has 0 spiro atoms. The van der Waals surface area contributed by atoms with Crippen LogP contribution in [0.15, 0.2) is 30.3 Å². The van der Waals surface area contributed by atoms with Gasteiger partial charge in [-0.1, -0.05) is 30.3 Å². The third-order valence-corrected chi connectivity index (χ3v) is 1.91. The van der Waals surface area contributed by atoms with Gasteiger partial charge in [0.1, 0.15) is 0 Å². The van der Waals surface area contributed by atoms with Gasteiger partial charge in [-0.05, 0) is 17.5 Å². The van der Waals surface area contributed by atoms with Crippen molar-refractivity contribution < 1.29 is 4.79 Å². The lowest BCUT2D eigenvalue weighted by atomic mass is 10.2. The monoisotopic (exact) mass is 181 g/mol. The molecule has 0 amide bonds. The molecular formula is C9H11NOS. The minimum Gasteiger partial charge on any atom is -0.286 e. The van der Waals surface area contributed by atoms with Crippen molar-refractivity contribution in [3.63, 3.8) is 0 Å². The second-order valence-corrected chi connectivity index (χ2v) is 3.47. The topological polar surface area (TPSA) is 29.1 Å². The van der Waals surface area contributed by atoms with Gasteiger partial charge < -0.3 is 0 Å². The SMILES string of the molecule is CC(=O)SNCc1ccccc1. The van der Waals surface area contributed by atoms with Crippen molar-refractivity contribution in [2.45, 2.75) is 13.5 Å². The van der Waals surface area contributed by atoms with Crippen LogP contribution in [0.4, 0.5) is 0 Å². The highest BCUT2D eigenvalue weighted by atomic mass is 32.2. The summed E-state index contributed by atoms with van der Waals surface area (Å²) in [7, 11) is 0. The average Bonchev–Trinajstić information content (AvgIpc) is 2.05. The van der Waals surface area contributed by atoms with Crippen LogP contribution >= 0.6 is 11.9 Å². The molecule has 1 N–H and O–H groups in total. The Bertz CT molecular complexity index is 248. The van der Waals surface area contributed by atoms with Crippen molar-refractivity contribution >= 4 is 17.1 Å². The Hall–Kier alpha value is -0.800. The summed E-state index contributed by atoms with van der Waals surface area (Å²) >= 11 is 1.14. The smallest absolute Gasteiger partial charge is 0.200 e. The molecule has 1 rings (SSSR count). The van der Waals surface area contributed by atoms with Gasteiger partial charge in [0.2, 0.25) is 5.12 Å². The summed E-state index contributed by atoms with van der Waals surface area (Å²) in [6, 6.07) is 9.98. The number of hydrogen-bond donors (Lipinski definition) is 1. The molecule has 12 heavy (non-hydrogen) atoms. The molecule has 0 aromatic heterocycles. The lowest BCUT2D eigenvalue weighted by molar-refractivity contribution is -0.109. The summed E-state index contributed by atoms with van der Waals surface area (Å²) in [5.74, 6) is 0. The van der Waals surface area contributed by atoms with E-state index in [2.05, 4.69) is 4.72 Å². The van der Waals surface area contributed by atoms with E-state index >= 15 is 0 Å². The first-order chi connectivity index (χ1) is 5.79. The first-order valence-corrected chi connectivity index (χ1v) is 4.55. The van der Waals surface area contributed by atoms with Gasteiger partial charge in [-0.2, -0.15) is 0 Å². The first kappa shape index (κ1) is 9.29. The van der Waals surface area contributed by atoms with Gasteiger partial charge in [-0.25, -0.2) is 0 Å². The van der Waals surface area contributed by atoms with Crippen molar-refractivity contribution in [2.75, 3.05) is 0 Å². The molecular weight excluding hydrogens is 170 g/mol. The van der Waals surface area contributed by atoms with Gasteiger partial charge in [0.25, 0.3) is 0 Å². The minimum absolute atomic E-state index is 0.0888. The molecule has 3 heteroatoms. The van der Waals surface area contributed by atoms with E-state index in [-0.39, 0.29) is 5.12 Å². The fourth-order valence-electron chi connectivity index (χ4n) is 0.817. The molecule has 1 aromatic rings. The van der Waals surface area contributed by atoms with Crippen LogP contribution in [0.5, 0.6) is 0 Å². The Morgan fingerprint density at radius 1 is 1.42 bits per heavy atom. The van der Waals surface area contributed by atoms with Gasteiger partial charge in [0.05, 0.1) is 0 Å². The molecule has 0 unspecified atom stereocenters. The highest BCUT2D eigenvalue weighted by Gasteiger charge is 1.93. The van der Waals surface area contributed by atoms with E-state index in [0.29, 0.717) is 0 Å². The van der Waals surface area contributed by atoms with E-state index in [4.69, 9.17) is 0 Å². The fourth-order valence-corrected chi connectivity index (χ4v) is 1.26. The summed E-state index contributed by atoms with van der Waals surface area (Å²) in [5.41, 5.74) is 1.19. The van der Waals surface area contributed by atoms with Crippen LogP contribution in [-0.4, -0.2) is 5.12 Å². The van der Waals surface area contributed by atoms with Crippen LogP contribution in [0.1, 0.15) is 12.5 Å². The normalized spacial score (nSPS) is 9.75. The van der Waals surface area contributed by atoms with Crippen molar-refractivity contribution in [1.82, 2.24) is 4.72 Å². The molecule has 0 aliphatic rings. The van der Waals surface area contributed by atoms with E-state index in [1.807, 2.05) is 30.3 Å². The van der Waals surface area contributed by atoms with Crippen LogP contribution in [0.25, 0.3) is 0 Å². The van der Waals surface area contributed by atoms with Gasteiger partial charge in [0, 0.05) is 13.5 Å². The number of carbonyl (C=O) groups is 1. The van der Waals surface area contributed by atoms with Crippen molar-refractivity contribution in [3.05, 3.63) is 35.9 Å². The van der Waals surface area contributed by atoms with Gasteiger partial charge >= 0.3 is 0 Å². The predicted octanol–water partition coefficient (Wildman–Crippen LogP) is 1.97. The highest BCUT2D eigenvalue weighted by Crippen LogP contribution is 2.01. The van der Waals surface area contributed by atoms with Crippen LogP contribution < -0.4 is 4.72 Å². The zero-order valence-electron chi connectivity index (χ0n) is 6.91. The Labute approximate surface area is 76.5 Å². The number of rotatable bonds is 3. The predicted molar refractivity (Wildman–Crippen MR) is 51.6 cm³/mol. The lowest BCUT2D eigenvalue weighted by Gasteiger charge is -2.00. The van der Waals surface area contributed by atoms with Gasteiger partial charge in [0.15, 0.2) is 0 Å². The van der Waals surface area contributed by atoms with E-state index < -0.39 is 0 Å². The molecule has 0 heterocycles. The maximum absolute atomic E-state index is 10.5. The van der Waals surface area contributed by atoms with Crippen LogP contribution in [-0.2, 0) is 11.3 Å². The highest BCUT2D eigenvalue weighted by molar-refractivity contribution is 8.11. The maximum atomic E-state index is 10.5. The Kier molecular flexibility index (Phi) is 3.84. The van der Waals surface area contributed by atoms with Crippen molar-refractivity contribution in [1.29, 1.82) is 0 Å². The number of benzene rings is 1. The minimum atomic E-state index is 0.0888. The largest absolute Gasteiger partial charge is 0.286 e. The molecule has 64 valence electrons. The van der Waals surface area contributed by atoms with E-state index in [0.717, 1.165) is 18.5 Å². The fraction of sp³-hybridized carbons (Fsp3) is 0.222. The molecule has 0 atom stereocenters. The molecule has 1 aromatic carbocycles. The number of hydrogen-bond acceptors (Lipinski definition) is 3. The molecule has 0 bridgehead atoms. The van der Waals surface area contributed by atoms with Crippen LogP contribution in [0, 0.1) is 0 Å². The van der Waals surface area contributed by atoms with Crippen LogP contribution in [0.3, 0.4) is 0 Å². The van der Waals surface area contributed by atoms with E-state index in [1.54, 1.807) is 6.92 Å². The Balaban J connectivity index is 2.29. The summed E-state index contributed by atoms with van der Waals surface area (Å²) in [6.07, 6.45) is 0. The third kappa shape index (κ3) is 3.55. The summed E-state index contributed by atoms with van der Waals surface area (Å²) in [5, 5.41) is 0.0888. The lowest BCUT2D eigenvalue weighted by Crippen LogP contribution is -2.05. The van der Waals surface area contributed by atoms with Gasteiger partial charge in [-0.15, -0.1) is 0 Å². The van der Waals surface area contributed by atoms with E-state index in [1.165, 1.54) is 5.56 Å². The molecule has 2 nitrogen and oxygen atoms in total. The maximum Gasteiger partial charge on any atom is 0.200 e. The molecule has 0 fully saturated rings. The zero-order chi connectivity index (χ0) is 8.81. The molecule has 0 aliphatic carbocycles. The quantitative estimate of drug-likeness (QED) is 0.723. The molecule has 0 aliphatic heterocycles. The standard InChI is InChI=1S/C9H11NOS/c1-8(11)12-10-7-9-5-3-2-4-6-9/h2-6,10H,7H2,1H3. The average molecular weight is 181 g/mol. The Morgan fingerprint density at radius 2 is 2.08 bits per heavy atom. The second kappa shape index (κ2) is 4.95. The van der Waals surface area contributed by atoms with Crippen molar-refractivity contribution in [2.24, 2.45) is 0 Å². The Morgan fingerprint density at radius 3 is 2.67 bits per heavy atom. The zero-order valence-corrected chi connectivity index (χ0v) is 7.73. The van der Waals surface area contributed by atoms with Gasteiger partial charge in [-0.3, -0.25) is 9.52 Å². The van der Waals surface area contributed by atoms with Crippen LogP contribution in [0.2, 0.25) is 0 Å². The summed E-state index contributed by atoms with van der Waals surface area (Å²) in [6.45, 7) is 2.27. The molecule has 0 radical (unpaired) electrons.